The molecule has 0 saturated heterocycles. The zero-order chi connectivity index (χ0) is 20.8. The molecule has 0 spiro atoms. The Labute approximate surface area is 171 Å². The van der Waals surface area contributed by atoms with Crippen LogP contribution in [0.4, 0.5) is 0 Å². The summed E-state index contributed by atoms with van der Waals surface area (Å²) in [5.74, 6) is 0.623. The van der Waals surface area contributed by atoms with E-state index in [1.807, 2.05) is 18.2 Å². The number of hydrogen-bond acceptors (Lipinski definition) is 5. The van der Waals surface area contributed by atoms with Crippen LogP contribution < -0.4 is 14.8 Å². The summed E-state index contributed by atoms with van der Waals surface area (Å²) in [4.78, 5) is 13.7. The van der Waals surface area contributed by atoms with Crippen LogP contribution in [0.5, 0.6) is 5.75 Å². The summed E-state index contributed by atoms with van der Waals surface area (Å²) in [5, 5.41) is 2.83. The summed E-state index contributed by atoms with van der Waals surface area (Å²) in [6.45, 7) is 7.60. The van der Waals surface area contributed by atoms with Crippen LogP contribution in [0.15, 0.2) is 36.4 Å². The maximum absolute atomic E-state index is 12.2. The molecule has 2 N–H and O–H groups in total. The number of nitrogens with one attached hydrogen (secondary N) is 2. The van der Waals surface area contributed by atoms with Crippen molar-refractivity contribution in [3.05, 3.63) is 51.7 Å². The SMILES string of the molecule is CC(C)(C)c1ccc(OCCNC(=O)c2ccc(CCNS(C)(=O)=O)s2)cc1. The van der Waals surface area contributed by atoms with Crippen LogP contribution in [0.2, 0.25) is 0 Å². The van der Waals surface area contributed by atoms with E-state index in [2.05, 4.69) is 42.9 Å². The van der Waals surface area contributed by atoms with Crippen LogP contribution in [-0.2, 0) is 21.9 Å². The Morgan fingerprint density at radius 1 is 1.07 bits per heavy atom. The number of ether oxygens (including phenoxy) is 1. The normalized spacial score (nSPS) is 12.0. The van der Waals surface area contributed by atoms with Crippen LogP contribution in [0.1, 0.15) is 40.9 Å². The molecule has 1 aromatic carbocycles. The lowest BCUT2D eigenvalue weighted by molar-refractivity contribution is 0.0951. The fourth-order valence-corrected chi connectivity index (χ4v) is 3.86. The van der Waals surface area contributed by atoms with E-state index in [1.165, 1.54) is 16.9 Å². The first-order valence-corrected chi connectivity index (χ1v) is 11.8. The van der Waals surface area contributed by atoms with Crippen LogP contribution in [-0.4, -0.2) is 40.3 Å². The number of carbonyl (C=O) groups excluding carboxylic acids is 1. The lowest BCUT2D eigenvalue weighted by Gasteiger charge is -2.19. The average molecular weight is 425 g/mol. The molecule has 1 aromatic heterocycles. The largest absolute Gasteiger partial charge is 0.492 e. The molecule has 8 heteroatoms. The quantitative estimate of drug-likeness (QED) is 0.606. The summed E-state index contributed by atoms with van der Waals surface area (Å²) >= 11 is 1.36. The third kappa shape index (κ3) is 7.61. The Bertz CT molecular complexity index is 882. The molecule has 2 aromatic rings. The maximum atomic E-state index is 12.2. The summed E-state index contributed by atoms with van der Waals surface area (Å²) in [7, 11) is -3.19. The van der Waals surface area contributed by atoms with Gasteiger partial charge in [-0.25, -0.2) is 13.1 Å². The minimum Gasteiger partial charge on any atom is -0.492 e. The highest BCUT2D eigenvalue weighted by Gasteiger charge is 2.13. The van der Waals surface area contributed by atoms with Crippen LogP contribution >= 0.6 is 11.3 Å². The van der Waals surface area contributed by atoms with Gasteiger partial charge in [0.05, 0.1) is 17.7 Å². The number of amides is 1. The van der Waals surface area contributed by atoms with E-state index in [0.717, 1.165) is 16.9 Å². The zero-order valence-corrected chi connectivity index (χ0v) is 18.4. The Kier molecular flexibility index (Phi) is 7.63. The van der Waals surface area contributed by atoms with Crippen LogP contribution in [0, 0.1) is 0 Å². The molecule has 2 rings (SSSR count). The highest BCUT2D eigenvalue weighted by molar-refractivity contribution is 7.88. The van der Waals surface area contributed by atoms with Gasteiger partial charge in [-0.2, -0.15) is 0 Å². The van der Waals surface area contributed by atoms with Crippen molar-refractivity contribution in [1.82, 2.24) is 10.0 Å². The fraction of sp³-hybridized carbons (Fsp3) is 0.450. The third-order valence-electron chi connectivity index (χ3n) is 4.00. The summed E-state index contributed by atoms with van der Waals surface area (Å²) in [5.41, 5.74) is 1.35. The number of rotatable bonds is 9. The van der Waals surface area contributed by atoms with Gasteiger partial charge in [0.15, 0.2) is 0 Å². The number of thiophene rings is 1. The first kappa shape index (κ1) is 22.4. The van der Waals surface area contributed by atoms with Gasteiger partial charge in [-0.3, -0.25) is 4.79 Å². The second-order valence-corrected chi connectivity index (χ2v) is 10.6. The molecule has 1 amide bonds. The molecular formula is C20H28N2O4S2. The second kappa shape index (κ2) is 9.54. The molecule has 0 unspecified atom stereocenters. The molecule has 1 heterocycles. The fourth-order valence-electron chi connectivity index (χ4n) is 2.47. The molecule has 0 bridgehead atoms. The molecule has 28 heavy (non-hydrogen) atoms. The van der Waals surface area contributed by atoms with E-state index in [-0.39, 0.29) is 11.3 Å². The predicted molar refractivity (Wildman–Crippen MR) is 114 cm³/mol. The molecule has 0 saturated carbocycles. The van der Waals surface area contributed by atoms with Gasteiger partial charge in [0.1, 0.15) is 12.4 Å². The lowest BCUT2D eigenvalue weighted by Crippen LogP contribution is -2.27. The Balaban J connectivity index is 1.72. The van der Waals surface area contributed by atoms with Crippen molar-refractivity contribution >= 4 is 27.3 Å². The van der Waals surface area contributed by atoms with E-state index >= 15 is 0 Å². The highest BCUT2D eigenvalue weighted by atomic mass is 32.2. The molecule has 0 radical (unpaired) electrons. The van der Waals surface area contributed by atoms with Gasteiger partial charge in [0.2, 0.25) is 10.0 Å². The van der Waals surface area contributed by atoms with Crippen molar-refractivity contribution in [3.8, 4) is 5.75 Å². The number of benzene rings is 1. The van der Waals surface area contributed by atoms with Crippen molar-refractivity contribution < 1.29 is 17.9 Å². The first-order valence-electron chi connectivity index (χ1n) is 9.09. The van der Waals surface area contributed by atoms with E-state index in [4.69, 9.17) is 4.74 Å². The summed E-state index contributed by atoms with van der Waals surface area (Å²) in [6, 6.07) is 11.6. The van der Waals surface area contributed by atoms with Crippen LogP contribution in [0.25, 0.3) is 0 Å². The molecule has 0 aliphatic rings. The maximum Gasteiger partial charge on any atom is 0.261 e. The molecule has 154 valence electrons. The number of carbonyl (C=O) groups is 1. The minimum atomic E-state index is -3.19. The smallest absolute Gasteiger partial charge is 0.261 e. The van der Waals surface area contributed by atoms with E-state index in [9.17, 15) is 13.2 Å². The van der Waals surface area contributed by atoms with E-state index in [1.54, 1.807) is 6.07 Å². The molecule has 0 aliphatic carbocycles. The lowest BCUT2D eigenvalue weighted by atomic mass is 9.87. The van der Waals surface area contributed by atoms with Crippen molar-refractivity contribution in [1.29, 1.82) is 0 Å². The van der Waals surface area contributed by atoms with Gasteiger partial charge < -0.3 is 10.1 Å². The van der Waals surface area contributed by atoms with Crippen LogP contribution in [0.3, 0.4) is 0 Å². The third-order valence-corrected chi connectivity index (χ3v) is 5.87. The van der Waals surface area contributed by atoms with Crippen molar-refractivity contribution in [2.24, 2.45) is 0 Å². The monoisotopic (exact) mass is 424 g/mol. The minimum absolute atomic E-state index is 0.104. The predicted octanol–water partition coefficient (Wildman–Crippen LogP) is 2.95. The number of hydrogen-bond donors (Lipinski definition) is 2. The molecule has 6 nitrogen and oxygen atoms in total. The second-order valence-electron chi connectivity index (χ2n) is 7.56. The topological polar surface area (TPSA) is 84.5 Å². The van der Waals surface area contributed by atoms with Gasteiger partial charge in [-0.05, 0) is 41.7 Å². The van der Waals surface area contributed by atoms with E-state index < -0.39 is 10.0 Å². The number of sulfonamides is 1. The standard InChI is InChI=1S/C20H28N2O4S2/c1-20(2,3)15-5-7-16(8-6-15)26-14-13-21-19(23)18-10-9-17(27-18)11-12-22-28(4,24)25/h5-10,22H,11-14H2,1-4H3,(H,21,23). The molecule has 0 atom stereocenters. The molecule has 0 fully saturated rings. The molecule has 0 aliphatic heterocycles. The van der Waals surface area contributed by atoms with Crippen molar-refractivity contribution in [2.75, 3.05) is 26.0 Å². The first-order chi connectivity index (χ1) is 13.0. The summed E-state index contributed by atoms with van der Waals surface area (Å²) in [6.07, 6.45) is 1.68. The van der Waals surface area contributed by atoms with Gasteiger partial charge in [0, 0.05) is 11.4 Å². The highest BCUT2D eigenvalue weighted by Crippen LogP contribution is 2.24. The molecular weight excluding hydrogens is 396 g/mol. The van der Waals surface area contributed by atoms with Crippen molar-refractivity contribution in [3.63, 3.8) is 0 Å². The van der Waals surface area contributed by atoms with Gasteiger partial charge in [-0.1, -0.05) is 32.9 Å². The Morgan fingerprint density at radius 2 is 1.75 bits per heavy atom. The van der Waals surface area contributed by atoms with Gasteiger partial charge in [-0.15, -0.1) is 11.3 Å². The summed E-state index contributed by atoms with van der Waals surface area (Å²) < 4.78 is 30.2. The van der Waals surface area contributed by atoms with Gasteiger partial charge >= 0.3 is 0 Å². The Morgan fingerprint density at radius 3 is 2.36 bits per heavy atom. The van der Waals surface area contributed by atoms with E-state index in [0.29, 0.717) is 31.0 Å². The van der Waals surface area contributed by atoms with Crippen molar-refractivity contribution in [2.45, 2.75) is 32.6 Å². The zero-order valence-electron chi connectivity index (χ0n) is 16.7. The average Bonchev–Trinajstić information content (AvgIpc) is 3.06. The Hall–Kier alpha value is -1.90. The van der Waals surface area contributed by atoms with Gasteiger partial charge in [0.25, 0.3) is 5.91 Å².